The Balaban J connectivity index is 1.71. The van der Waals surface area contributed by atoms with Gasteiger partial charge < -0.3 is 4.90 Å². The summed E-state index contributed by atoms with van der Waals surface area (Å²) in [6, 6.07) is 10.9. The van der Waals surface area contributed by atoms with Crippen molar-refractivity contribution in [3.05, 3.63) is 89.2 Å². The molecule has 0 saturated heterocycles. The lowest BCUT2D eigenvalue weighted by Gasteiger charge is -2.18. The summed E-state index contributed by atoms with van der Waals surface area (Å²) in [7, 11) is -1.08. The predicted molar refractivity (Wildman–Crippen MR) is 117 cm³/mol. The summed E-state index contributed by atoms with van der Waals surface area (Å²) in [4.78, 5) is 18.2. The molecule has 6 nitrogen and oxygen atoms in total. The Kier molecular flexibility index (Phi) is 5.62. The third-order valence-electron chi connectivity index (χ3n) is 5.27. The van der Waals surface area contributed by atoms with E-state index in [9.17, 15) is 22.0 Å². The number of benzene rings is 2. The second kappa shape index (κ2) is 8.25. The van der Waals surface area contributed by atoms with E-state index >= 15 is 0 Å². The SMILES string of the molecule is CN1C(=O)/C(=C/c2cccnc2)c2cc(S(=O)(=O)N(C)Cc3ccc(F)cc3F)ccc21. The molecule has 3 aromatic rings. The molecular weight excluding hydrogens is 436 g/mol. The monoisotopic (exact) mass is 455 g/mol. The van der Waals surface area contributed by atoms with Crippen molar-refractivity contribution in [2.45, 2.75) is 11.4 Å². The van der Waals surface area contributed by atoms with Crippen LogP contribution in [0.2, 0.25) is 0 Å². The first-order chi connectivity index (χ1) is 15.2. The Morgan fingerprint density at radius 2 is 1.91 bits per heavy atom. The molecule has 9 heteroatoms. The van der Waals surface area contributed by atoms with Crippen molar-refractivity contribution in [3.8, 4) is 0 Å². The normalized spacial score (nSPS) is 15.0. The predicted octanol–water partition coefficient (Wildman–Crippen LogP) is 3.70. The Labute approximate surface area is 184 Å². The van der Waals surface area contributed by atoms with Crippen LogP contribution in [0.25, 0.3) is 11.6 Å². The molecule has 2 aromatic carbocycles. The number of carbonyl (C=O) groups is 1. The van der Waals surface area contributed by atoms with E-state index in [-0.39, 0.29) is 22.9 Å². The maximum Gasteiger partial charge on any atom is 0.258 e. The molecule has 2 heterocycles. The van der Waals surface area contributed by atoms with E-state index in [0.29, 0.717) is 28.5 Å². The van der Waals surface area contributed by atoms with Crippen LogP contribution in [0.4, 0.5) is 14.5 Å². The smallest absolute Gasteiger partial charge is 0.258 e. The molecule has 32 heavy (non-hydrogen) atoms. The lowest BCUT2D eigenvalue weighted by atomic mass is 10.0. The summed E-state index contributed by atoms with van der Waals surface area (Å²) in [6.45, 7) is -0.275. The molecule has 0 bridgehead atoms. The first-order valence-electron chi connectivity index (χ1n) is 9.63. The number of nitrogens with zero attached hydrogens (tertiary/aromatic N) is 3. The molecule has 1 aliphatic rings. The molecule has 1 aliphatic heterocycles. The summed E-state index contributed by atoms with van der Waals surface area (Å²) in [6.07, 6.45) is 4.87. The van der Waals surface area contributed by atoms with E-state index in [1.165, 1.54) is 30.1 Å². The summed E-state index contributed by atoms with van der Waals surface area (Å²) in [5.41, 5.74) is 2.15. The number of aromatic nitrogens is 1. The van der Waals surface area contributed by atoms with Gasteiger partial charge >= 0.3 is 0 Å². The van der Waals surface area contributed by atoms with Crippen molar-refractivity contribution in [1.82, 2.24) is 9.29 Å². The highest BCUT2D eigenvalue weighted by atomic mass is 32.2. The van der Waals surface area contributed by atoms with Crippen molar-refractivity contribution in [1.29, 1.82) is 0 Å². The van der Waals surface area contributed by atoms with Crippen molar-refractivity contribution in [2.24, 2.45) is 0 Å². The van der Waals surface area contributed by atoms with Crippen LogP contribution in [0.15, 0.2) is 65.8 Å². The minimum Gasteiger partial charge on any atom is -0.311 e. The maximum atomic E-state index is 14.0. The van der Waals surface area contributed by atoms with Crippen LogP contribution in [0.5, 0.6) is 0 Å². The van der Waals surface area contributed by atoms with Gasteiger partial charge in [-0.25, -0.2) is 17.2 Å². The third kappa shape index (κ3) is 3.92. The number of halogens is 2. The quantitative estimate of drug-likeness (QED) is 0.550. The van der Waals surface area contributed by atoms with Crippen LogP contribution in [-0.2, 0) is 21.4 Å². The van der Waals surface area contributed by atoms with Gasteiger partial charge in [-0.3, -0.25) is 9.78 Å². The van der Waals surface area contributed by atoms with Crippen molar-refractivity contribution in [3.63, 3.8) is 0 Å². The van der Waals surface area contributed by atoms with Crippen LogP contribution >= 0.6 is 0 Å². The molecule has 0 spiro atoms. The summed E-state index contributed by atoms with van der Waals surface area (Å²) < 4.78 is 54.4. The Bertz CT molecular complexity index is 1340. The van der Waals surface area contributed by atoms with E-state index in [1.54, 1.807) is 43.7 Å². The van der Waals surface area contributed by atoms with Gasteiger partial charge in [0.05, 0.1) is 10.6 Å². The third-order valence-corrected chi connectivity index (χ3v) is 7.07. The first kappa shape index (κ1) is 21.8. The number of amides is 1. The highest BCUT2D eigenvalue weighted by Gasteiger charge is 2.32. The summed E-state index contributed by atoms with van der Waals surface area (Å²) >= 11 is 0. The van der Waals surface area contributed by atoms with Crippen molar-refractivity contribution < 1.29 is 22.0 Å². The molecule has 0 saturated carbocycles. The van der Waals surface area contributed by atoms with Gasteiger partial charge in [0, 0.05) is 55.8 Å². The largest absolute Gasteiger partial charge is 0.311 e. The zero-order chi connectivity index (χ0) is 23.0. The molecule has 0 aliphatic carbocycles. The van der Waals surface area contributed by atoms with E-state index in [2.05, 4.69) is 4.98 Å². The molecule has 0 radical (unpaired) electrons. The van der Waals surface area contributed by atoms with Crippen LogP contribution in [0.3, 0.4) is 0 Å². The maximum absolute atomic E-state index is 14.0. The number of pyridine rings is 1. The van der Waals surface area contributed by atoms with Crippen molar-refractivity contribution in [2.75, 3.05) is 19.0 Å². The minimum absolute atomic E-state index is 0.0403. The average Bonchev–Trinajstić information content (AvgIpc) is 3.00. The molecule has 0 fully saturated rings. The number of fused-ring (bicyclic) bond motifs is 1. The van der Waals surface area contributed by atoms with Gasteiger partial charge in [0.1, 0.15) is 11.6 Å². The average molecular weight is 455 g/mol. The summed E-state index contributed by atoms with van der Waals surface area (Å²) in [5.74, 6) is -1.83. The number of carbonyl (C=O) groups excluding carboxylic acids is 1. The fraction of sp³-hybridized carbons (Fsp3) is 0.130. The molecule has 0 unspecified atom stereocenters. The van der Waals surface area contributed by atoms with E-state index in [0.717, 1.165) is 10.4 Å². The van der Waals surface area contributed by atoms with Gasteiger partial charge in [-0.2, -0.15) is 4.31 Å². The Morgan fingerprint density at radius 3 is 2.59 bits per heavy atom. The number of hydrogen-bond acceptors (Lipinski definition) is 4. The van der Waals surface area contributed by atoms with E-state index in [1.807, 2.05) is 0 Å². The molecule has 4 rings (SSSR count). The van der Waals surface area contributed by atoms with Crippen molar-refractivity contribution >= 4 is 33.3 Å². The zero-order valence-electron chi connectivity index (χ0n) is 17.3. The number of sulfonamides is 1. The van der Waals surface area contributed by atoms with E-state index in [4.69, 9.17) is 0 Å². The minimum atomic E-state index is -4.01. The first-order valence-corrected chi connectivity index (χ1v) is 11.1. The second-order valence-corrected chi connectivity index (χ2v) is 9.43. The molecule has 1 amide bonds. The van der Waals surface area contributed by atoms with Gasteiger partial charge in [0.25, 0.3) is 5.91 Å². The Morgan fingerprint density at radius 1 is 1.12 bits per heavy atom. The number of hydrogen-bond donors (Lipinski definition) is 0. The van der Waals surface area contributed by atoms with Crippen LogP contribution in [0, 0.1) is 11.6 Å². The number of likely N-dealkylation sites (N-methyl/N-ethyl adjacent to an activating group) is 1. The fourth-order valence-electron chi connectivity index (χ4n) is 3.51. The molecular formula is C23H19F2N3O3S. The standard InChI is InChI=1S/C23H19F2N3O3S/c1-27(14-16-5-6-17(24)11-21(16)25)32(30,31)18-7-8-22-19(12-18)20(23(29)28(22)2)10-15-4-3-9-26-13-15/h3-13H,14H2,1-2H3/b20-10+. The highest BCUT2D eigenvalue weighted by Crippen LogP contribution is 2.38. The molecule has 1 aromatic heterocycles. The lowest BCUT2D eigenvalue weighted by molar-refractivity contribution is -0.112. The number of rotatable bonds is 5. The molecule has 164 valence electrons. The fourth-order valence-corrected chi connectivity index (χ4v) is 4.69. The van der Waals surface area contributed by atoms with Crippen LogP contribution < -0.4 is 4.90 Å². The zero-order valence-corrected chi connectivity index (χ0v) is 18.1. The van der Waals surface area contributed by atoms with Gasteiger partial charge in [-0.05, 0) is 42.0 Å². The van der Waals surface area contributed by atoms with E-state index < -0.39 is 21.7 Å². The molecule has 0 N–H and O–H groups in total. The summed E-state index contributed by atoms with van der Waals surface area (Å²) in [5, 5.41) is 0. The van der Waals surface area contributed by atoms with Gasteiger partial charge in [-0.15, -0.1) is 0 Å². The van der Waals surface area contributed by atoms with Gasteiger partial charge in [-0.1, -0.05) is 12.1 Å². The van der Waals surface area contributed by atoms with Crippen LogP contribution in [0.1, 0.15) is 16.7 Å². The second-order valence-electron chi connectivity index (χ2n) is 7.38. The Hall–Kier alpha value is -3.43. The highest BCUT2D eigenvalue weighted by molar-refractivity contribution is 7.89. The lowest BCUT2D eigenvalue weighted by Crippen LogP contribution is -2.27. The van der Waals surface area contributed by atoms with Crippen LogP contribution in [-0.4, -0.2) is 37.7 Å². The van der Waals surface area contributed by atoms with Gasteiger partial charge in [0.2, 0.25) is 10.0 Å². The topological polar surface area (TPSA) is 70.6 Å². The molecule has 0 atom stereocenters. The van der Waals surface area contributed by atoms with Gasteiger partial charge in [0.15, 0.2) is 0 Å². The number of anilines is 1.